The quantitative estimate of drug-likeness (QED) is 0.752. The Bertz CT molecular complexity index is 356. The Labute approximate surface area is 133 Å². The highest BCUT2D eigenvalue weighted by molar-refractivity contribution is 5.68. The molecule has 1 amide bonds. The molecule has 0 aromatic heterocycles. The minimum absolute atomic E-state index is 0.214. The van der Waals surface area contributed by atoms with Crippen LogP contribution in [0.1, 0.15) is 46.5 Å². The molecule has 0 atom stereocenters. The number of rotatable bonds is 5. The predicted octanol–water partition coefficient (Wildman–Crippen LogP) is 1.48. The minimum atomic E-state index is -0.430. The molecule has 0 aromatic rings. The molecule has 0 spiro atoms. The van der Waals surface area contributed by atoms with Gasteiger partial charge in [-0.15, -0.1) is 0 Å². The third-order valence-corrected chi connectivity index (χ3v) is 4.16. The molecule has 2 rings (SSSR count). The smallest absolute Gasteiger partial charge is 0.410 e. The van der Waals surface area contributed by atoms with Crippen molar-refractivity contribution in [3.63, 3.8) is 0 Å². The Hall–Kier alpha value is -0.850. The lowest BCUT2D eigenvalue weighted by molar-refractivity contribution is -0.0112. The first-order chi connectivity index (χ1) is 10.3. The second-order valence-electron chi connectivity index (χ2n) is 7.42. The average Bonchev–Trinajstić information content (AvgIpc) is 2.40. The van der Waals surface area contributed by atoms with Gasteiger partial charge in [-0.25, -0.2) is 4.79 Å². The second-order valence-corrected chi connectivity index (χ2v) is 7.42. The molecule has 2 fully saturated rings. The molecule has 0 aromatic carbocycles. The molecule has 3 N–H and O–H groups in total. The first-order valence-electron chi connectivity index (χ1n) is 8.42. The summed E-state index contributed by atoms with van der Waals surface area (Å²) < 4.78 is 11.3. The van der Waals surface area contributed by atoms with Gasteiger partial charge < -0.3 is 25.4 Å². The number of likely N-dealkylation sites (tertiary alicyclic amines) is 1. The third-order valence-electron chi connectivity index (χ3n) is 4.16. The van der Waals surface area contributed by atoms with E-state index in [0.717, 1.165) is 38.8 Å². The normalized spacial score (nSPS) is 26.6. The summed E-state index contributed by atoms with van der Waals surface area (Å²) in [5.74, 6) is 0. The van der Waals surface area contributed by atoms with Gasteiger partial charge in [-0.2, -0.15) is 0 Å². The van der Waals surface area contributed by atoms with Crippen molar-refractivity contribution in [1.82, 2.24) is 10.2 Å². The number of hydrogen-bond donors (Lipinski definition) is 2. The van der Waals surface area contributed by atoms with E-state index in [1.165, 1.54) is 0 Å². The van der Waals surface area contributed by atoms with E-state index in [-0.39, 0.29) is 12.2 Å². The fourth-order valence-electron chi connectivity index (χ4n) is 2.85. The van der Waals surface area contributed by atoms with Crippen molar-refractivity contribution in [2.75, 3.05) is 26.2 Å². The summed E-state index contributed by atoms with van der Waals surface area (Å²) in [6.07, 6.45) is 3.96. The lowest BCUT2D eigenvalue weighted by atomic mass is 9.88. The first-order valence-corrected chi connectivity index (χ1v) is 8.42. The fourth-order valence-corrected chi connectivity index (χ4v) is 2.85. The van der Waals surface area contributed by atoms with Crippen LogP contribution in [0.4, 0.5) is 4.79 Å². The molecule has 6 nitrogen and oxygen atoms in total. The zero-order valence-corrected chi connectivity index (χ0v) is 14.1. The summed E-state index contributed by atoms with van der Waals surface area (Å²) in [6, 6.07) is 0.961. The zero-order valence-electron chi connectivity index (χ0n) is 14.1. The first kappa shape index (κ1) is 17.5. The van der Waals surface area contributed by atoms with Gasteiger partial charge in [-0.1, -0.05) is 0 Å². The highest BCUT2D eigenvalue weighted by Gasteiger charge is 2.27. The van der Waals surface area contributed by atoms with Gasteiger partial charge in [-0.05, 0) is 46.5 Å². The van der Waals surface area contributed by atoms with Gasteiger partial charge in [0.15, 0.2) is 0 Å². The van der Waals surface area contributed by atoms with Gasteiger partial charge in [0, 0.05) is 31.7 Å². The Kier molecular flexibility index (Phi) is 6.06. The van der Waals surface area contributed by atoms with Crippen LogP contribution in [0.15, 0.2) is 0 Å². The summed E-state index contributed by atoms with van der Waals surface area (Å²) in [6.45, 7) is 8.70. The molecule has 0 bridgehead atoms. The number of amides is 1. The maximum Gasteiger partial charge on any atom is 0.410 e. The molecule has 1 saturated carbocycles. The Morgan fingerprint density at radius 3 is 2.45 bits per heavy atom. The Morgan fingerprint density at radius 2 is 1.91 bits per heavy atom. The maximum atomic E-state index is 12.0. The molecule has 2 aliphatic rings. The van der Waals surface area contributed by atoms with E-state index in [2.05, 4.69) is 5.32 Å². The summed E-state index contributed by atoms with van der Waals surface area (Å²) >= 11 is 0. The largest absolute Gasteiger partial charge is 0.444 e. The average molecular weight is 313 g/mol. The van der Waals surface area contributed by atoms with Gasteiger partial charge in [0.05, 0.1) is 12.7 Å². The standard InChI is InChI=1S/C16H31N3O3/c1-16(2,3)22-15(20)19-7-4-14(5-8-19)21-9-6-18-13-10-12(17)11-13/h12-14,18H,4-11,17H2,1-3H3. The van der Waals surface area contributed by atoms with Crippen LogP contribution in [0, 0.1) is 0 Å². The van der Waals surface area contributed by atoms with Crippen LogP contribution in [0.2, 0.25) is 0 Å². The van der Waals surface area contributed by atoms with Crippen LogP contribution in [0.25, 0.3) is 0 Å². The summed E-state index contributed by atoms with van der Waals surface area (Å²) in [5.41, 5.74) is 5.32. The van der Waals surface area contributed by atoms with E-state index in [1.54, 1.807) is 4.90 Å². The summed E-state index contributed by atoms with van der Waals surface area (Å²) in [7, 11) is 0. The van der Waals surface area contributed by atoms with Crippen LogP contribution >= 0.6 is 0 Å². The lowest BCUT2D eigenvalue weighted by Gasteiger charge is -2.34. The molecular formula is C16H31N3O3. The minimum Gasteiger partial charge on any atom is -0.444 e. The van der Waals surface area contributed by atoms with E-state index in [9.17, 15) is 4.79 Å². The molecule has 0 radical (unpaired) electrons. The van der Waals surface area contributed by atoms with Gasteiger partial charge in [0.2, 0.25) is 0 Å². The number of hydrogen-bond acceptors (Lipinski definition) is 5. The number of carbonyl (C=O) groups excluding carboxylic acids is 1. The molecule has 0 unspecified atom stereocenters. The van der Waals surface area contributed by atoms with Crippen LogP contribution in [-0.4, -0.2) is 61.0 Å². The number of carbonyl (C=O) groups is 1. The summed E-state index contributed by atoms with van der Waals surface area (Å²) in [4.78, 5) is 13.7. The van der Waals surface area contributed by atoms with Crippen molar-refractivity contribution in [2.45, 2.75) is 70.2 Å². The van der Waals surface area contributed by atoms with Crippen molar-refractivity contribution in [3.05, 3.63) is 0 Å². The van der Waals surface area contributed by atoms with Gasteiger partial charge in [0.1, 0.15) is 5.60 Å². The molecule has 22 heavy (non-hydrogen) atoms. The molecule has 1 heterocycles. The molecule has 1 aliphatic heterocycles. The number of nitrogens with two attached hydrogens (primary N) is 1. The van der Waals surface area contributed by atoms with Crippen molar-refractivity contribution in [2.24, 2.45) is 5.73 Å². The maximum absolute atomic E-state index is 12.0. The molecule has 1 aliphatic carbocycles. The van der Waals surface area contributed by atoms with E-state index >= 15 is 0 Å². The van der Waals surface area contributed by atoms with Gasteiger partial charge in [-0.3, -0.25) is 0 Å². The number of piperidine rings is 1. The van der Waals surface area contributed by atoms with Crippen LogP contribution in [0.3, 0.4) is 0 Å². The monoisotopic (exact) mass is 313 g/mol. The zero-order chi connectivity index (χ0) is 16.2. The lowest BCUT2D eigenvalue weighted by Crippen LogP contribution is -2.49. The van der Waals surface area contributed by atoms with Gasteiger partial charge in [0.25, 0.3) is 0 Å². The third kappa shape index (κ3) is 5.74. The van der Waals surface area contributed by atoms with E-state index < -0.39 is 5.60 Å². The Morgan fingerprint density at radius 1 is 1.27 bits per heavy atom. The predicted molar refractivity (Wildman–Crippen MR) is 85.8 cm³/mol. The SMILES string of the molecule is CC(C)(C)OC(=O)N1CCC(OCCNC2CC(N)C2)CC1. The molecular weight excluding hydrogens is 282 g/mol. The molecule has 1 saturated heterocycles. The van der Waals surface area contributed by atoms with Gasteiger partial charge >= 0.3 is 6.09 Å². The van der Waals surface area contributed by atoms with E-state index in [4.69, 9.17) is 15.2 Å². The van der Waals surface area contributed by atoms with Crippen LogP contribution < -0.4 is 11.1 Å². The number of ether oxygens (including phenoxy) is 2. The fraction of sp³-hybridized carbons (Fsp3) is 0.938. The second kappa shape index (κ2) is 7.62. The van der Waals surface area contributed by atoms with Crippen molar-refractivity contribution < 1.29 is 14.3 Å². The van der Waals surface area contributed by atoms with Crippen LogP contribution in [-0.2, 0) is 9.47 Å². The van der Waals surface area contributed by atoms with E-state index in [0.29, 0.717) is 25.2 Å². The van der Waals surface area contributed by atoms with Crippen molar-refractivity contribution >= 4 is 6.09 Å². The highest BCUT2D eigenvalue weighted by atomic mass is 16.6. The highest BCUT2D eigenvalue weighted by Crippen LogP contribution is 2.18. The number of nitrogens with zero attached hydrogens (tertiary/aromatic N) is 1. The Balaban J connectivity index is 1.54. The van der Waals surface area contributed by atoms with Crippen LogP contribution in [0.5, 0.6) is 0 Å². The topological polar surface area (TPSA) is 76.8 Å². The number of nitrogens with one attached hydrogen (secondary N) is 1. The molecule has 6 heteroatoms. The van der Waals surface area contributed by atoms with E-state index in [1.807, 2.05) is 20.8 Å². The molecule has 128 valence electrons. The summed E-state index contributed by atoms with van der Waals surface area (Å²) in [5, 5.41) is 3.45. The van der Waals surface area contributed by atoms with Crippen molar-refractivity contribution in [3.8, 4) is 0 Å². The van der Waals surface area contributed by atoms with Crippen molar-refractivity contribution in [1.29, 1.82) is 0 Å².